The molecule has 0 atom stereocenters. The Kier molecular flexibility index (Phi) is 3.79. The largest absolute Gasteiger partial charge is 0.268 e. The number of aromatic nitrogens is 2. The first-order valence-electron chi connectivity index (χ1n) is 4.81. The summed E-state index contributed by atoms with van der Waals surface area (Å²) in [5.74, 6) is -0.870. The number of hydrogen-bond acceptors (Lipinski definition) is 1. The van der Waals surface area contributed by atoms with E-state index in [1.807, 2.05) is 0 Å². The van der Waals surface area contributed by atoms with Gasteiger partial charge in [-0.1, -0.05) is 0 Å². The lowest BCUT2D eigenvalue weighted by Gasteiger charge is -2.06. The summed E-state index contributed by atoms with van der Waals surface area (Å²) in [5.41, 5.74) is 0.783. The molecule has 0 N–H and O–H groups in total. The maximum absolute atomic E-state index is 13.7. The molecule has 90 valence electrons. The molecule has 0 fully saturated rings. The van der Waals surface area contributed by atoms with Gasteiger partial charge in [0.05, 0.1) is 23.1 Å². The van der Waals surface area contributed by atoms with Crippen LogP contribution < -0.4 is 0 Å². The monoisotopic (exact) mass is 320 g/mol. The number of hydrogen-bond donors (Lipinski definition) is 0. The fourth-order valence-corrected chi connectivity index (χ4v) is 1.95. The molecule has 17 heavy (non-hydrogen) atoms. The van der Waals surface area contributed by atoms with Crippen LogP contribution in [0.5, 0.6) is 0 Å². The van der Waals surface area contributed by atoms with Crippen molar-refractivity contribution in [1.29, 1.82) is 0 Å². The van der Waals surface area contributed by atoms with Gasteiger partial charge < -0.3 is 0 Å². The number of nitrogens with zero attached hydrogens (tertiary/aromatic N) is 2. The topological polar surface area (TPSA) is 17.8 Å². The lowest BCUT2D eigenvalue weighted by molar-refractivity contribution is 0.529. The molecule has 2 aromatic rings. The van der Waals surface area contributed by atoms with Gasteiger partial charge in [-0.3, -0.25) is 4.68 Å². The van der Waals surface area contributed by atoms with E-state index in [1.165, 1.54) is 16.8 Å². The molecule has 6 heteroatoms. The zero-order valence-electron chi connectivity index (χ0n) is 8.63. The second-order valence-corrected chi connectivity index (χ2v) is 4.62. The minimum Gasteiger partial charge on any atom is -0.268 e. The molecular weight excluding hydrogens is 313 g/mol. The standard InChI is InChI=1S/C11H8BrClF2N2/c12-9-1-2-10(14)8(11(9)15)6-17-5-7(3-13)4-16-17/h1-2,4-5H,3,6H2. The van der Waals surface area contributed by atoms with E-state index in [1.54, 1.807) is 12.4 Å². The van der Waals surface area contributed by atoms with Crippen molar-refractivity contribution in [3.8, 4) is 0 Å². The predicted molar refractivity (Wildman–Crippen MR) is 64.9 cm³/mol. The van der Waals surface area contributed by atoms with Crippen molar-refractivity contribution in [3.63, 3.8) is 0 Å². The molecule has 1 heterocycles. The number of halogens is 4. The first-order valence-corrected chi connectivity index (χ1v) is 6.14. The van der Waals surface area contributed by atoms with E-state index in [-0.39, 0.29) is 16.6 Å². The normalized spacial score (nSPS) is 10.8. The second-order valence-electron chi connectivity index (χ2n) is 3.50. The van der Waals surface area contributed by atoms with Crippen LogP contribution in [-0.2, 0) is 12.4 Å². The Bertz CT molecular complexity index is 542. The van der Waals surface area contributed by atoms with Crippen LogP contribution in [-0.4, -0.2) is 9.78 Å². The molecule has 0 saturated heterocycles. The smallest absolute Gasteiger partial charge is 0.145 e. The van der Waals surface area contributed by atoms with Gasteiger partial charge in [0.25, 0.3) is 0 Å². The van der Waals surface area contributed by atoms with Gasteiger partial charge in [-0.15, -0.1) is 11.6 Å². The van der Waals surface area contributed by atoms with Crippen LogP contribution in [0.4, 0.5) is 8.78 Å². The summed E-state index contributed by atoms with van der Waals surface area (Å²) in [7, 11) is 0. The van der Waals surface area contributed by atoms with Gasteiger partial charge in [-0.25, -0.2) is 8.78 Å². The Morgan fingerprint density at radius 3 is 2.76 bits per heavy atom. The highest BCUT2D eigenvalue weighted by atomic mass is 79.9. The van der Waals surface area contributed by atoms with Gasteiger partial charge in [-0.05, 0) is 28.1 Å². The van der Waals surface area contributed by atoms with Gasteiger partial charge in [0.2, 0.25) is 0 Å². The second kappa shape index (κ2) is 5.14. The van der Waals surface area contributed by atoms with Crippen LogP contribution >= 0.6 is 27.5 Å². The SMILES string of the molecule is Fc1ccc(Br)c(F)c1Cn1cc(CCl)cn1. The lowest BCUT2D eigenvalue weighted by atomic mass is 10.2. The molecule has 1 aromatic carbocycles. The molecule has 0 aliphatic heterocycles. The minimum absolute atomic E-state index is 0.0244. The van der Waals surface area contributed by atoms with Gasteiger partial charge in [0, 0.05) is 17.3 Å². The van der Waals surface area contributed by atoms with Gasteiger partial charge in [0.15, 0.2) is 0 Å². The highest BCUT2D eigenvalue weighted by Gasteiger charge is 2.13. The average molecular weight is 322 g/mol. The molecular formula is C11H8BrClF2N2. The van der Waals surface area contributed by atoms with Crippen LogP contribution in [0, 0.1) is 11.6 Å². The average Bonchev–Trinajstić information content (AvgIpc) is 2.77. The van der Waals surface area contributed by atoms with Crippen molar-refractivity contribution in [2.45, 2.75) is 12.4 Å². The van der Waals surface area contributed by atoms with Crippen LogP contribution in [0.3, 0.4) is 0 Å². The van der Waals surface area contributed by atoms with E-state index in [2.05, 4.69) is 21.0 Å². The van der Waals surface area contributed by atoms with Crippen LogP contribution in [0.25, 0.3) is 0 Å². The predicted octanol–water partition coefficient (Wildman–Crippen LogP) is 3.71. The number of rotatable bonds is 3. The van der Waals surface area contributed by atoms with E-state index in [0.717, 1.165) is 5.56 Å². The lowest BCUT2D eigenvalue weighted by Crippen LogP contribution is -2.05. The molecule has 0 saturated carbocycles. The maximum atomic E-state index is 13.7. The van der Waals surface area contributed by atoms with Gasteiger partial charge in [-0.2, -0.15) is 5.10 Å². The first kappa shape index (κ1) is 12.5. The fourth-order valence-electron chi connectivity index (χ4n) is 1.44. The van der Waals surface area contributed by atoms with Crippen LogP contribution in [0.2, 0.25) is 0 Å². The number of benzene rings is 1. The zero-order valence-corrected chi connectivity index (χ0v) is 11.0. The number of alkyl halides is 1. The third-order valence-corrected chi connectivity index (χ3v) is 3.22. The molecule has 0 unspecified atom stereocenters. The maximum Gasteiger partial charge on any atom is 0.145 e. The van der Waals surface area contributed by atoms with Crippen LogP contribution in [0.15, 0.2) is 29.0 Å². The third kappa shape index (κ3) is 2.66. The summed E-state index contributed by atoms with van der Waals surface area (Å²) >= 11 is 8.64. The third-order valence-electron chi connectivity index (χ3n) is 2.30. The summed E-state index contributed by atoms with van der Waals surface area (Å²) < 4.78 is 28.8. The van der Waals surface area contributed by atoms with E-state index in [0.29, 0.717) is 5.88 Å². The molecule has 0 bridgehead atoms. The molecule has 0 aliphatic rings. The Labute approximate surface area is 110 Å². The molecule has 0 aliphatic carbocycles. The van der Waals surface area contributed by atoms with E-state index >= 15 is 0 Å². The van der Waals surface area contributed by atoms with Gasteiger partial charge in [0.1, 0.15) is 11.6 Å². The highest BCUT2D eigenvalue weighted by molar-refractivity contribution is 9.10. The van der Waals surface area contributed by atoms with Crippen molar-refractivity contribution >= 4 is 27.5 Å². The Morgan fingerprint density at radius 1 is 1.35 bits per heavy atom. The Balaban J connectivity index is 2.32. The molecule has 0 radical (unpaired) electrons. The Morgan fingerprint density at radius 2 is 2.12 bits per heavy atom. The van der Waals surface area contributed by atoms with Crippen molar-refractivity contribution in [1.82, 2.24) is 9.78 Å². The van der Waals surface area contributed by atoms with E-state index in [4.69, 9.17) is 11.6 Å². The molecule has 1 aromatic heterocycles. The van der Waals surface area contributed by atoms with Crippen molar-refractivity contribution in [2.24, 2.45) is 0 Å². The van der Waals surface area contributed by atoms with E-state index < -0.39 is 11.6 Å². The summed E-state index contributed by atoms with van der Waals surface area (Å²) in [5, 5.41) is 3.98. The summed E-state index contributed by atoms with van der Waals surface area (Å²) in [6, 6.07) is 2.55. The molecule has 2 nitrogen and oxygen atoms in total. The zero-order chi connectivity index (χ0) is 12.4. The fraction of sp³-hybridized carbons (Fsp3) is 0.182. The summed E-state index contributed by atoms with van der Waals surface area (Å²) in [6.45, 7) is 0.0357. The van der Waals surface area contributed by atoms with Crippen LogP contribution in [0.1, 0.15) is 11.1 Å². The minimum atomic E-state index is -0.604. The van der Waals surface area contributed by atoms with Crippen molar-refractivity contribution < 1.29 is 8.78 Å². The quantitative estimate of drug-likeness (QED) is 0.622. The Hall–Kier alpha value is -0.940. The van der Waals surface area contributed by atoms with E-state index in [9.17, 15) is 8.78 Å². The summed E-state index contributed by atoms with van der Waals surface area (Å²) in [4.78, 5) is 0. The highest BCUT2D eigenvalue weighted by Crippen LogP contribution is 2.22. The summed E-state index contributed by atoms with van der Waals surface area (Å²) in [6.07, 6.45) is 3.23. The first-order chi connectivity index (χ1) is 8.11. The molecule has 0 spiro atoms. The van der Waals surface area contributed by atoms with Crippen molar-refractivity contribution in [3.05, 3.63) is 51.8 Å². The van der Waals surface area contributed by atoms with Gasteiger partial charge >= 0.3 is 0 Å². The molecule has 0 amide bonds. The molecule has 2 rings (SSSR count). The van der Waals surface area contributed by atoms with Crippen molar-refractivity contribution in [2.75, 3.05) is 0 Å².